The molecule has 1 aliphatic rings. The van der Waals surface area contributed by atoms with Crippen LogP contribution < -0.4 is 10.1 Å². The van der Waals surface area contributed by atoms with Crippen LogP contribution in [0.2, 0.25) is 0 Å². The van der Waals surface area contributed by atoms with Crippen molar-refractivity contribution in [2.75, 3.05) is 25.4 Å². The van der Waals surface area contributed by atoms with Crippen LogP contribution in [0.5, 0.6) is 5.75 Å². The molecule has 0 spiro atoms. The quantitative estimate of drug-likeness (QED) is 0.845. The predicted molar refractivity (Wildman–Crippen MR) is 90.9 cm³/mol. The molecule has 2 aromatic rings. The zero-order valence-electron chi connectivity index (χ0n) is 13.2. The third-order valence-corrected chi connectivity index (χ3v) is 4.26. The molecule has 0 bridgehead atoms. The second kappa shape index (κ2) is 7.09. The summed E-state index contributed by atoms with van der Waals surface area (Å²) < 4.78 is 38.2. The summed E-state index contributed by atoms with van der Waals surface area (Å²) in [5.41, 5.74) is 1.89. The number of rotatable bonds is 4. The Morgan fingerprint density at radius 1 is 1.21 bits per heavy atom. The normalized spacial score (nSPS) is 12.9. The Balaban J connectivity index is 1.81. The van der Waals surface area contributed by atoms with Gasteiger partial charge < -0.3 is 14.8 Å². The summed E-state index contributed by atoms with van der Waals surface area (Å²) in [6, 6.07) is 7.61. The maximum atomic E-state index is 14.0. The Morgan fingerprint density at radius 2 is 2.04 bits per heavy atom. The van der Waals surface area contributed by atoms with E-state index >= 15 is 0 Å². The van der Waals surface area contributed by atoms with Crippen molar-refractivity contribution < 1.29 is 18.3 Å². The highest BCUT2D eigenvalue weighted by molar-refractivity contribution is 7.98. The molecule has 0 saturated carbocycles. The lowest BCUT2D eigenvalue weighted by molar-refractivity contribution is 0.291. The van der Waals surface area contributed by atoms with Crippen LogP contribution in [0.25, 0.3) is 0 Å². The lowest BCUT2D eigenvalue weighted by Crippen LogP contribution is -2.18. The maximum Gasteiger partial charge on any atom is 0.220 e. The van der Waals surface area contributed by atoms with Crippen molar-refractivity contribution in [2.45, 2.75) is 11.5 Å². The van der Waals surface area contributed by atoms with E-state index in [2.05, 4.69) is 10.3 Å². The number of methoxy groups -OCH3 is 1. The predicted octanol–water partition coefficient (Wildman–Crippen LogP) is 4.04. The van der Waals surface area contributed by atoms with Gasteiger partial charge in [-0.3, -0.25) is 0 Å². The van der Waals surface area contributed by atoms with Gasteiger partial charge >= 0.3 is 0 Å². The molecule has 0 aromatic heterocycles. The second-order valence-electron chi connectivity index (χ2n) is 5.12. The molecule has 0 atom stereocenters. The fourth-order valence-corrected chi connectivity index (χ4v) is 2.91. The highest BCUT2D eigenvalue weighted by Gasteiger charge is 2.19. The lowest BCUT2D eigenvalue weighted by Gasteiger charge is -2.20. The number of thioether (sulfide) groups is 1. The first-order valence-electron chi connectivity index (χ1n) is 7.23. The molecule has 0 unspecified atom stereocenters. The van der Waals surface area contributed by atoms with E-state index in [0.29, 0.717) is 29.4 Å². The summed E-state index contributed by atoms with van der Waals surface area (Å²) in [5, 5.41) is 3.04. The fraction of sp³-hybridized carbons (Fsp3) is 0.235. The Labute approximate surface area is 142 Å². The van der Waals surface area contributed by atoms with Crippen LogP contribution >= 0.6 is 11.8 Å². The molecule has 7 heteroatoms. The van der Waals surface area contributed by atoms with E-state index in [0.717, 1.165) is 4.90 Å². The van der Waals surface area contributed by atoms with Crippen LogP contribution in [0.1, 0.15) is 11.1 Å². The van der Waals surface area contributed by atoms with Crippen LogP contribution in [0.3, 0.4) is 0 Å². The molecule has 0 saturated heterocycles. The SMILES string of the molecule is COc1cc2c(cc1F)C(OCc1cc(F)cc(SC)c1)=NCN2. The average molecular weight is 350 g/mol. The molecule has 0 amide bonds. The molecule has 3 rings (SSSR count). The topological polar surface area (TPSA) is 42.9 Å². The summed E-state index contributed by atoms with van der Waals surface area (Å²) in [7, 11) is 1.41. The molecule has 1 aliphatic heterocycles. The van der Waals surface area contributed by atoms with Crippen LogP contribution in [0.15, 0.2) is 40.2 Å². The third-order valence-electron chi connectivity index (χ3n) is 3.56. The number of benzene rings is 2. The molecule has 2 aromatic carbocycles. The fourth-order valence-electron chi connectivity index (χ4n) is 2.41. The van der Waals surface area contributed by atoms with Gasteiger partial charge in [0.05, 0.1) is 18.4 Å². The van der Waals surface area contributed by atoms with Crippen molar-refractivity contribution in [1.29, 1.82) is 0 Å². The van der Waals surface area contributed by atoms with Crippen molar-refractivity contribution in [2.24, 2.45) is 4.99 Å². The zero-order valence-corrected chi connectivity index (χ0v) is 14.0. The van der Waals surface area contributed by atoms with Crippen LogP contribution in [0, 0.1) is 11.6 Å². The first-order valence-corrected chi connectivity index (χ1v) is 8.45. The monoisotopic (exact) mass is 350 g/mol. The van der Waals surface area contributed by atoms with Crippen molar-refractivity contribution >= 4 is 23.3 Å². The zero-order chi connectivity index (χ0) is 17.1. The summed E-state index contributed by atoms with van der Waals surface area (Å²) in [5.74, 6) is -0.340. The number of anilines is 1. The van der Waals surface area contributed by atoms with Gasteiger partial charge in [-0.1, -0.05) is 0 Å². The maximum absolute atomic E-state index is 14.0. The van der Waals surface area contributed by atoms with Gasteiger partial charge in [-0.05, 0) is 36.1 Å². The van der Waals surface area contributed by atoms with Gasteiger partial charge in [0.1, 0.15) is 19.1 Å². The number of hydrogen-bond acceptors (Lipinski definition) is 5. The van der Waals surface area contributed by atoms with Gasteiger partial charge in [0.15, 0.2) is 11.6 Å². The number of nitrogens with one attached hydrogen (secondary N) is 1. The average Bonchev–Trinajstić information content (AvgIpc) is 2.58. The number of fused-ring (bicyclic) bond motifs is 1. The Kier molecular flexibility index (Phi) is 4.89. The van der Waals surface area contributed by atoms with Crippen LogP contribution in [-0.2, 0) is 11.3 Å². The third kappa shape index (κ3) is 3.46. The summed E-state index contributed by atoms with van der Waals surface area (Å²) in [4.78, 5) is 5.04. The molecule has 24 heavy (non-hydrogen) atoms. The van der Waals surface area contributed by atoms with Gasteiger partial charge in [-0.15, -0.1) is 11.8 Å². The van der Waals surface area contributed by atoms with Gasteiger partial charge in [0.25, 0.3) is 0 Å². The lowest BCUT2D eigenvalue weighted by atomic mass is 10.1. The van der Waals surface area contributed by atoms with E-state index in [1.165, 1.54) is 37.1 Å². The highest BCUT2D eigenvalue weighted by Crippen LogP contribution is 2.29. The van der Waals surface area contributed by atoms with Gasteiger partial charge in [0, 0.05) is 11.0 Å². The van der Waals surface area contributed by atoms with E-state index in [9.17, 15) is 8.78 Å². The van der Waals surface area contributed by atoms with Gasteiger partial charge in [-0.2, -0.15) is 0 Å². The van der Waals surface area contributed by atoms with Gasteiger partial charge in [0.2, 0.25) is 5.90 Å². The Hall–Kier alpha value is -2.28. The van der Waals surface area contributed by atoms with E-state index in [1.807, 2.05) is 12.3 Å². The van der Waals surface area contributed by atoms with Crippen molar-refractivity contribution in [3.05, 3.63) is 53.1 Å². The van der Waals surface area contributed by atoms with E-state index in [1.54, 1.807) is 6.07 Å². The number of hydrogen-bond donors (Lipinski definition) is 1. The van der Waals surface area contributed by atoms with Crippen molar-refractivity contribution in [1.82, 2.24) is 0 Å². The molecular weight excluding hydrogens is 334 g/mol. The van der Waals surface area contributed by atoms with Crippen molar-refractivity contribution in [3.63, 3.8) is 0 Å². The number of halogens is 2. The number of nitrogens with zero attached hydrogens (tertiary/aromatic N) is 1. The largest absolute Gasteiger partial charge is 0.494 e. The Morgan fingerprint density at radius 3 is 2.79 bits per heavy atom. The molecule has 4 nitrogen and oxygen atoms in total. The first-order chi connectivity index (χ1) is 11.6. The van der Waals surface area contributed by atoms with E-state index in [4.69, 9.17) is 9.47 Å². The number of aliphatic imine (C=N–C) groups is 1. The van der Waals surface area contributed by atoms with Crippen LogP contribution in [0.4, 0.5) is 14.5 Å². The minimum atomic E-state index is -0.494. The molecule has 0 radical (unpaired) electrons. The molecular formula is C17H16F2N2O2S. The second-order valence-corrected chi connectivity index (χ2v) is 6.00. The molecule has 1 N–H and O–H groups in total. The summed E-state index contributed by atoms with van der Waals surface area (Å²) >= 11 is 1.45. The summed E-state index contributed by atoms with van der Waals surface area (Å²) in [6.07, 6.45) is 1.88. The number of ether oxygens (including phenoxy) is 2. The minimum Gasteiger partial charge on any atom is -0.494 e. The minimum absolute atomic E-state index is 0.150. The van der Waals surface area contributed by atoms with Crippen LogP contribution in [-0.4, -0.2) is 25.9 Å². The summed E-state index contributed by atoms with van der Waals surface area (Å²) in [6.45, 7) is 0.466. The molecule has 126 valence electrons. The van der Waals surface area contributed by atoms with Crippen molar-refractivity contribution in [3.8, 4) is 5.75 Å². The Bertz CT molecular complexity index is 796. The smallest absolute Gasteiger partial charge is 0.220 e. The first kappa shape index (κ1) is 16.6. The molecule has 1 heterocycles. The molecule has 0 fully saturated rings. The highest BCUT2D eigenvalue weighted by atomic mass is 32.2. The van der Waals surface area contributed by atoms with E-state index < -0.39 is 5.82 Å². The van der Waals surface area contributed by atoms with E-state index in [-0.39, 0.29) is 18.2 Å². The van der Waals surface area contributed by atoms with Gasteiger partial charge in [-0.25, -0.2) is 13.8 Å². The molecule has 0 aliphatic carbocycles. The standard InChI is InChI=1S/C17H16F2N2O2S/c1-22-16-7-15-13(6-14(16)19)17(21-9-20-15)23-8-10-3-11(18)5-12(4-10)24-2/h3-7,20H,8-9H2,1-2H3.